The maximum atomic E-state index is 12.5. The zero-order valence-corrected chi connectivity index (χ0v) is 18.0. The van der Waals surface area contributed by atoms with E-state index in [-0.39, 0.29) is 28.7 Å². The van der Waals surface area contributed by atoms with E-state index in [1.165, 1.54) is 26.3 Å². The number of carbonyl (C=O) groups excluding carboxylic acids is 2. The van der Waals surface area contributed by atoms with Crippen LogP contribution in [0.25, 0.3) is 0 Å². The van der Waals surface area contributed by atoms with Crippen LogP contribution in [0, 0.1) is 0 Å². The number of nitrogens with one attached hydrogen (secondary N) is 1. The molecule has 3 rings (SSSR count). The van der Waals surface area contributed by atoms with Gasteiger partial charge in [0, 0.05) is 22.2 Å². The molecule has 1 aliphatic rings. The highest BCUT2D eigenvalue weighted by molar-refractivity contribution is 9.10. The van der Waals surface area contributed by atoms with Crippen LogP contribution < -0.4 is 10.1 Å². The molecule has 1 aromatic heterocycles. The van der Waals surface area contributed by atoms with Crippen LogP contribution in [0.1, 0.15) is 42.7 Å². The van der Waals surface area contributed by atoms with Crippen molar-refractivity contribution in [3.63, 3.8) is 0 Å². The van der Waals surface area contributed by atoms with E-state index in [1.54, 1.807) is 0 Å². The van der Waals surface area contributed by atoms with Crippen LogP contribution >= 0.6 is 15.9 Å². The van der Waals surface area contributed by atoms with Crippen molar-refractivity contribution in [3.8, 4) is 11.5 Å². The van der Waals surface area contributed by atoms with Gasteiger partial charge in [-0.25, -0.2) is 9.78 Å². The molecule has 7 nitrogen and oxygen atoms in total. The highest BCUT2D eigenvalue weighted by Gasteiger charge is 2.51. The molecule has 0 aliphatic heterocycles. The molecular weight excluding hydrogens is 440 g/mol. The van der Waals surface area contributed by atoms with Crippen LogP contribution in [0.2, 0.25) is 0 Å². The number of aromatic hydroxyl groups is 1. The Balaban J connectivity index is 1.63. The van der Waals surface area contributed by atoms with Crippen molar-refractivity contribution in [2.75, 3.05) is 7.11 Å². The van der Waals surface area contributed by atoms with E-state index in [0.29, 0.717) is 0 Å². The number of pyridine rings is 1. The third-order valence-corrected chi connectivity index (χ3v) is 5.83. The van der Waals surface area contributed by atoms with E-state index in [1.807, 2.05) is 31.2 Å². The molecular formula is C21H23BrN2O5. The molecule has 0 radical (unpaired) electrons. The number of rotatable bonds is 7. The Morgan fingerprint density at radius 3 is 2.45 bits per heavy atom. The molecule has 2 atom stereocenters. The van der Waals surface area contributed by atoms with Crippen molar-refractivity contribution in [1.82, 2.24) is 10.3 Å². The predicted octanol–water partition coefficient (Wildman–Crippen LogP) is 3.34. The predicted molar refractivity (Wildman–Crippen MR) is 110 cm³/mol. The number of esters is 1. The lowest BCUT2D eigenvalue weighted by molar-refractivity contribution is -0.151. The van der Waals surface area contributed by atoms with Crippen LogP contribution in [-0.2, 0) is 14.9 Å². The fourth-order valence-corrected chi connectivity index (χ4v) is 3.59. The third-order valence-electron chi connectivity index (χ3n) is 5.30. The fraction of sp³-hybridized carbons (Fsp3) is 0.381. The average Bonchev–Trinajstić information content (AvgIpc) is 3.50. The summed E-state index contributed by atoms with van der Waals surface area (Å²) in [5.41, 5.74) is 0.723. The topological polar surface area (TPSA) is 97.8 Å². The van der Waals surface area contributed by atoms with Gasteiger partial charge in [-0.05, 0) is 44.4 Å². The molecule has 1 heterocycles. The number of hydrogen-bond acceptors (Lipinski definition) is 6. The third kappa shape index (κ3) is 4.37. The summed E-state index contributed by atoms with van der Waals surface area (Å²) in [5, 5.41) is 12.6. The second-order valence-electron chi connectivity index (χ2n) is 7.15. The van der Waals surface area contributed by atoms with Gasteiger partial charge in [-0.1, -0.05) is 28.1 Å². The van der Waals surface area contributed by atoms with E-state index < -0.39 is 17.9 Å². The molecule has 2 aromatic rings. The van der Waals surface area contributed by atoms with Crippen LogP contribution in [0.4, 0.5) is 0 Å². The minimum Gasteiger partial charge on any atom is -0.503 e. The highest BCUT2D eigenvalue weighted by atomic mass is 79.9. The lowest BCUT2D eigenvalue weighted by Crippen LogP contribution is -2.42. The number of halogens is 1. The zero-order chi connectivity index (χ0) is 21.2. The first kappa shape index (κ1) is 21.1. The molecule has 1 aromatic carbocycles. The van der Waals surface area contributed by atoms with Crippen molar-refractivity contribution in [2.24, 2.45) is 0 Å². The Bertz CT molecular complexity index is 912. The number of aromatic nitrogens is 1. The minimum atomic E-state index is -0.905. The van der Waals surface area contributed by atoms with Crippen LogP contribution in [-0.4, -0.2) is 41.2 Å². The van der Waals surface area contributed by atoms with E-state index >= 15 is 0 Å². The molecule has 29 heavy (non-hydrogen) atoms. The number of amides is 1. The van der Waals surface area contributed by atoms with Crippen LogP contribution in [0.3, 0.4) is 0 Å². The zero-order valence-electron chi connectivity index (χ0n) is 16.4. The van der Waals surface area contributed by atoms with Gasteiger partial charge < -0.3 is 19.9 Å². The van der Waals surface area contributed by atoms with Crippen molar-refractivity contribution in [3.05, 3.63) is 52.3 Å². The molecule has 154 valence electrons. The van der Waals surface area contributed by atoms with Gasteiger partial charge in [-0.15, -0.1) is 0 Å². The smallest absolute Gasteiger partial charge is 0.328 e. The molecule has 0 bridgehead atoms. The number of ether oxygens (including phenoxy) is 2. The molecule has 1 amide bonds. The Kier molecular flexibility index (Phi) is 6.12. The summed E-state index contributed by atoms with van der Waals surface area (Å²) < 4.78 is 11.6. The molecule has 1 saturated carbocycles. The maximum absolute atomic E-state index is 12.5. The van der Waals surface area contributed by atoms with E-state index in [4.69, 9.17) is 9.47 Å². The van der Waals surface area contributed by atoms with E-state index in [2.05, 4.69) is 26.2 Å². The van der Waals surface area contributed by atoms with Crippen LogP contribution in [0.5, 0.6) is 11.5 Å². The largest absolute Gasteiger partial charge is 0.503 e. The van der Waals surface area contributed by atoms with Crippen molar-refractivity contribution in [2.45, 2.75) is 44.2 Å². The first-order valence-electron chi connectivity index (χ1n) is 9.28. The van der Waals surface area contributed by atoms with Crippen molar-refractivity contribution >= 4 is 27.8 Å². The van der Waals surface area contributed by atoms with Gasteiger partial charge in [-0.3, -0.25) is 4.79 Å². The van der Waals surface area contributed by atoms with Gasteiger partial charge in [0.05, 0.1) is 7.11 Å². The van der Waals surface area contributed by atoms with Gasteiger partial charge in [0.15, 0.2) is 17.2 Å². The number of methoxy groups -OCH3 is 1. The van der Waals surface area contributed by atoms with Crippen LogP contribution in [0.15, 0.2) is 41.0 Å². The molecule has 8 heteroatoms. The normalized spacial score (nSPS) is 16.4. The Labute approximate surface area is 177 Å². The summed E-state index contributed by atoms with van der Waals surface area (Å²) in [6.07, 6.45) is 2.88. The molecule has 1 fully saturated rings. The summed E-state index contributed by atoms with van der Waals surface area (Å²) in [4.78, 5) is 28.8. The standard InChI is InChI=1S/C21H23BrN2O5/c1-12(24-19(26)17-18(25)16(28-3)8-11-23-17)20(27)29-13(2)21(9-10-21)14-4-6-15(22)7-5-14/h4-8,11-13,25H,9-10H2,1-3H3,(H,24,26)/t12-,13?/m0/s1. The van der Waals surface area contributed by atoms with Gasteiger partial charge >= 0.3 is 5.97 Å². The summed E-state index contributed by atoms with van der Waals surface area (Å²) in [6, 6.07) is 8.54. The summed E-state index contributed by atoms with van der Waals surface area (Å²) in [7, 11) is 1.37. The first-order valence-corrected chi connectivity index (χ1v) is 10.1. The van der Waals surface area contributed by atoms with Gasteiger partial charge in [-0.2, -0.15) is 0 Å². The number of carbonyl (C=O) groups is 2. The van der Waals surface area contributed by atoms with Gasteiger partial charge in [0.2, 0.25) is 0 Å². The summed E-state index contributed by atoms with van der Waals surface area (Å²) in [5.74, 6) is -1.49. The van der Waals surface area contributed by atoms with E-state index in [9.17, 15) is 14.7 Å². The van der Waals surface area contributed by atoms with Gasteiger partial charge in [0.25, 0.3) is 5.91 Å². The summed E-state index contributed by atoms with van der Waals surface area (Å²) >= 11 is 3.43. The number of hydrogen-bond donors (Lipinski definition) is 2. The highest BCUT2D eigenvalue weighted by Crippen LogP contribution is 2.52. The SMILES string of the molecule is COc1ccnc(C(=O)N[C@@H](C)C(=O)OC(C)C2(c3ccc(Br)cc3)CC2)c1O. The summed E-state index contributed by atoms with van der Waals surface area (Å²) in [6.45, 7) is 3.40. The Morgan fingerprint density at radius 1 is 1.21 bits per heavy atom. The monoisotopic (exact) mass is 462 g/mol. The first-order chi connectivity index (χ1) is 13.8. The molecule has 0 saturated heterocycles. The lowest BCUT2D eigenvalue weighted by Gasteiger charge is -2.25. The Hall–Kier alpha value is -2.61. The van der Waals surface area contributed by atoms with E-state index in [0.717, 1.165) is 22.9 Å². The lowest BCUT2D eigenvalue weighted by atomic mass is 9.91. The maximum Gasteiger partial charge on any atom is 0.328 e. The second-order valence-corrected chi connectivity index (χ2v) is 8.06. The van der Waals surface area contributed by atoms with Gasteiger partial charge in [0.1, 0.15) is 12.1 Å². The quantitative estimate of drug-likeness (QED) is 0.612. The number of benzene rings is 1. The average molecular weight is 463 g/mol. The molecule has 2 N–H and O–H groups in total. The molecule has 1 unspecified atom stereocenters. The number of nitrogens with zero attached hydrogens (tertiary/aromatic N) is 1. The molecule has 1 aliphatic carbocycles. The fourth-order valence-electron chi connectivity index (χ4n) is 3.33. The second kappa shape index (κ2) is 8.41. The van der Waals surface area contributed by atoms with Crippen molar-refractivity contribution < 1.29 is 24.2 Å². The minimum absolute atomic E-state index is 0.124. The molecule has 0 spiro atoms. The van der Waals surface area contributed by atoms with Crippen molar-refractivity contribution in [1.29, 1.82) is 0 Å². The Morgan fingerprint density at radius 2 is 1.86 bits per heavy atom.